The van der Waals surface area contributed by atoms with E-state index in [0.29, 0.717) is 12.2 Å². The molecule has 0 aromatic heterocycles. The summed E-state index contributed by atoms with van der Waals surface area (Å²) in [6.45, 7) is 6.23. The molecule has 1 aliphatic carbocycles. The summed E-state index contributed by atoms with van der Waals surface area (Å²) in [5, 5.41) is 9.94. The molecule has 0 radical (unpaired) electrons. The van der Waals surface area contributed by atoms with Gasteiger partial charge in [0.25, 0.3) is 0 Å². The Hall–Kier alpha value is -1.83. The highest BCUT2D eigenvalue weighted by molar-refractivity contribution is 5.96. The van der Waals surface area contributed by atoms with Gasteiger partial charge in [-0.1, -0.05) is 51.1 Å². The Balaban J connectivity index is 2.05. The lowest BCUT2D eigenvalue weighted by atomic mass is 9.85. The summed E-state index contributed by atoms with van der Waals surface area (Å²) in [4.78, 5) is 12.0. The molecule has 0 atom stereocenters. The van der Waals surface area contributed by atoms with Gasteiger partial charge in [-0.25, -0.2) is 0 Å². The van der Waals surface area contributed by atoms with Crippen LogP contribution < -0.4 is 0 Å². The molecule has 0 saturated heterocycles. The predicted octanol–water partition coefficient (Wildman–Crippen LogP) is 4.08. The molecule has 0 unspecified atom stereocenters. The molecular formula is C18H22O2. The number of hydrogen-bond donors (Lipinski definition) is 1. The van der Waals surface area contributed by atoms with Crippen molar-refractivity contribution in [3.63, 3.8) is 0 Å². The molecule has 2 rings (SSSR count). The average Bonchev–Trinajstić information content (AvgIpc) is 2.90. The number of hydrogen-bond acceptors (Lipinski definition) is 2. The van der Waals surface area contributed by atoms with Crippen LogP contribution in [0.4, 0.5) is 0 Å². The van der Waals surface area contributed by atoms with Crippen LogP contribution in [0.1, 0.15) is 44.7 Å². The molecule has 2 nitrogen and oxygen atoms in total. The van der Waals surface area contributed by atoms with Crippen molar-refractivity contribution < 1.29 is 9.90 Å². The molecule has 0 amide bonds. The molecule has 1 N–H and O–H groups in total. The normalized spacial score (nSPS) is 14.4. The highest BCUT2D eigenvalue weighted by Crippen LogP contribution is 2.31. The number of phenols is 1. The molecule has 1 aromatic rings. The first-order valence-corrected chi connectivity index (χ1v) is 7.09. The molecule has 0 spiro atoms. The second-order valence-corrected chi connectivity index (χ2v) is 6.35. The maximum absolute atomic E-state index is 12.0. The van der Waals surface area contributed by atoms with Crippen molar-refractivity contribution >= 4 is 5.78 Å². The Morgan fingerprint density at radius 2 is 2.05 bits per heavy atom. The Labute approximate surface area is 120 Å². The SMILES string of the molecule is CC(C)(C)c1cc(CCC(=O)C2=CC=CC2)ccc1O. The van der Waals surface area contributed by atoms with E-state index in [2.05, 4.69) is 20.8 Å². The molecule has 0 heterocycles. The molecule has 0 fully saturated rings. The number of aryl methyl sites for hydroxylation is 1. The van der Waals surface area contributed by atoms with E-state index < -0.39 is 0 Å². The van der Waals surface area contributed by atoms with Crippen molar-refractivity contribution in [2.75, 3.05) is 0 Å². The number of rotatable bonds is 4. The Kier molecular flexibility index (Phi) is 4.12. The van der Waals surface area contributed by atoms with Gasteiger partial charge in [0.1, 0.15) is 5.75 Å². The predicted molar refractivity (Wildman–Crippen MR) is 82.0 cm³/mol. The minimum atomic E-state index is -0.0952. The Morgan fingerprint density at radius 3 is 2.65 bits per heavy atom. The van der Waals surface area contributed by atoms with E-state index in [1.807, 2.05) is 30.4 Å². The fourth-order valence-corrected chi connectivity index (χ4v) is 2.41. The van der Waals surface area contributed by atoms with Gasteiger partial charge in [-0.3, -0.25) is 4.79 Å². The molecule has 0 bridgehead atoms. The van der Waals surface area contributed by atoms with Crippen LogP contribution in [-0.4, -0.2) is 10.9 Å². The van der Waals surface area contributed by atoms with Crippen LogP contribution in [0.3, 0.4) is 0 Å². The van der Waals surface area contributed by atoms with Crippen LogP contribution in [0.5, 0.6) is 5.75 Å². The molecule has 0 saturated carbocycles. The maximum Gasteiger partial charge on any atom is 0.159 e. The van der Waals surface area contributed by atoms with Gasteiger partial charge in [0.2, 0.25) is 0 Å². The molecule has 106 valence electrons. The van der Waals surface area contributed by atoms with E-state index >= 15 is 0 Å². The van der Waals surface area contributed by atoms with Gasteiger partial charge in [-0.15, -0.1) is 0 Å². The quantitative estimate of drug-likeness (QED) is 0.895. The summed E-state index contributed by atoms with van der Waals surface area (Å²) < 4.78 is 0. The zero-order valence-electron chi connectivity index (χ0n) is 12.4. The average molecular weight is 270 g/mol. The number of phenolic OH excluding ortho intramolecular Hbond substituents is 1. The molecule has 0 aliphatic heterocycles. The lowest BCUT2D eigenvalue weighted by Crippen LogP contribution is -2.12. The van der Waals surface area contributed by atoms with E-state index in [9.17, 15) is 9.90 Å². The van der Waals surface area contributed by atoms with E-state index in [1.54, 1.807) is 6.07 Å². The van der Waals surface area contributed by atoms with Crippen LogP contribution in [0.2, 0.25) is 0 Å². The number of Topliss-reactive ketones (excluding diaryl/α,β-unsaturated/α-hetero) is 1. The van der Waals surface area contributed by atoms with Crippen LogP contribution in [0.25, 0.3) is 0 Å². The van der Waals surface area contributed by atoms with Gasteiger partial charge in [0.15, 0.2) is 5.78 Å². The number of carbonyl (C=O) groups excluding carboxylic acids is 1. The Morgan fingerprint density at radius 1 is 1.30 bits per heavy atom. The number of allylic oxidation sites excluding steroid dienone is 4. The molecular weight excluding hydrogens is 248 g/mol. The van der Waals surface area contributed by atoms with E-state index in [1.165, 1.54) is 0 Å². The molecule has 1 aliphatic rings. The molecule has 20 heavy (non-hydrogen) atoms. The van der Waals surface area contributed by atoms with Crippen molar-refractivity contribution in [2.24, 2.45) is 0 Å². The van der Waals surface area contributed by atoms with Crippen LogP contribution in [-0.2, 0) is 16.6 Å². The summed E-state index contributed by atoms with van der Waals surface area (Å²) in [5.74, 6) is 0.552. The van der Waals surface area contributed by atoms with Crippen molar-refractivity contribution in [3.05, 3.63) is 53.1 Å². The van der Waals surface area contributed by atoms with Crippen LogP contribution in [0.15, 0.2) is 42.0 Å². The third-order valence-corrected chi connectivity index (χ3v) is 3.64. The van der Waals surface area contributed by atoms with Gasteiger partial charge in [-0.2, -0.15) is 0 Å². The van der Waals surface area contributed by atoms with Crippen molar-refractivity contribution in [3.8, 4) is 5.75 Å². The van der Waals surface area contributed by atoms with Crippen LogP contribution >= 0.6 is 0 Å². The van der Waals surface area contributed by atoms with Gasteiger partial charge in [0.05, 0.1) is 0 Å². The Bertz CT molecular complexity index is 572. The van der Waals surface area contributed by atoms with E-state index in [0.717, 1.165) is 29.5 Å². The summed E-state index contributed by atoms with van der Waals surface area (Å²) in [7, 11) is 0. The first-order chi connectivity index (χ1) is 9.38. The minimum Gasteiger partial charge on any atom is -0.508 e. The standard InChI is InChI=1S/C18H22O2/c1-18(2,3)15-12-13(9-11-17(15)20)8-10-16(19)14-6-4-5-7-14/h4-6,9,11-12,20H,7-8,10H2,1-3H3. The largest absolute Gasteiger partial charge is 0.508 e. The minimum absolute atomic E-state index is 0.0952. The monoisotopic (exact) mass is 270 g/mol. The maximum atomic E-state index is 12.0. The molecule has 1 aromatic carbocycles. The first kappa shape index (κ1) is 14.6. The fourth-order valence-electron chi connectivity index (χ4n) is 2.41. The van der Waals surface area contributed by atoms with Crippen LogP contribution in [0, 0.1) is 0 Å². The second kappa shape index (κ2) is 5.66. The van der Waals surface area contributed by atoms with Crippen molar-refractivity contribution in [1.29, 1.82) is 0 Å². The van der Waals surface area contributed by atoms with Gasteiger partial charge in [0, 0.05) is 6.42 Å². The number of aromatic hydroxyl groups is 1. The highest BCUT2D eigenvalue weighted by atomic mass is 16.3. The summed E-state index contributed by atoms with van der Waals surface area (Å²) in [5.41, 5.74) is 2.85. The highest BCUT2D eigenvalue weighted by Gasteiger charge is 2.18. The fraction of sp³-hybridized carbons (Fsp3) is 0.389. The van der Waals surface area contributed by atoms with Crippen molar-refractivity contribution in [2.45, 2.75) is 45.4 Å². The lowest BCUT2D eigenvalue weighted by Gasteiger charge is -2.21. The second-order valence-electron chi connectivity index (χ2n) is 6.35. The third-order valence-electron chi connectivity index (χ3n) is 3.64. The number of ketones is 1. The zero-order valence-corrected chi connectivity index (χ0v) is 12.4. The first-order valence-electron chi connectivity index (χ1n) is 7.09. The van der Waals surface area contributed by atoms with E-state index in [4.69, 9.17) is 0 Å². The molecule has 2 heteroatoms. The van der Waals surface area contributed by atoms with Gasteiger partial charge >= 0.3 is 0 Å². The van der Waals surface area contributed by atoms with Crippen molar-refractivity contribution in [1.82, 2.24) is 0 Å². The van der Waals surface area contributed by atoms with Gasteiger partial charge < -0.3 is 5.11 Å². The lowest BCUT2D eigenvalue weighted by molar-refractivity contribution is -0.115. The van der Waals surface area contributed by atoms with Gasteiger partial charge in [-0.05, 0) is 41.0 Å². The topological polar surface area (TPSA) is 37.3 Å². The number of carbonyl (C=O) groups is 1. The summed E-state index contributed by atoms with van der Waals surface area (Å²) in [6, 6.07) is 5.65. The van der Waals surface area contributed by atoms with E-state index in [-0.39, 0.29) is 11.2 Å². The summed E-state index contributed by atoms with van der Waals surface area (Å²) >= 11 is 0. The zero-order chi connectivity index (χ0) is 14.8. The number of benzene rings is 1. The third kappa shape index (κ3) is 3.38. The smallest absolute Gasteiger partial charge is 0.159 e. The summed E-state index contributed by atoms with van der Waals surface area (Å²) in [6.07, 6.45) is 7.86.